The van der Waals surface area contributed by atoms with Gasteiger partial charge in [0.25, 0.3) is 0 Å². The molecule has 1 N–H and O–H groups in total. The Kier molecular flexibility index (Phi) is 4.13. The van der Waals surface area contributed by atoms with E-state index in [4.69, 9.17) is 22.7 Å². The molecule has 0 unspecified atom stereocenters. The summed E-state index contributed by atoms with van der Waals surface area (Å²) in [5.74, 6) is -0.454. The molecule has 0 saturated carbocycles. The van der Waals surface area contributed by atoms with Crippen molar-refractivity contribution in [3.05, 3.63) is 58.2 Å². The Morgan fingerprint density at radius 2 is 2.30 bits per heavy atom. The van der Waals surface area contributed by atoms with Crippen molar-refractivity contribution in [2.75, 3.05) is 5.43 Å². The molecule has 0 aliphatic carbocycles. The number of nitrogens with zero attached hydrogens (tertiary/aromatic N) is 3. The van der Waals surface area contributed by atoms with E-state index < -0.39 is 5.78 Å². The molecule has 0 radical (unpaired) electrons. The molecule has 0 aliphatic heterocycles. The van der Waals surface area contributed by atoms with E-state index >= 15 is 0 Å². The van der Waals surface area contributed by atoms with Crippen molar-refractivity contribution in [2.24, 2.45) is 5.10 Å². The number of benzene rings is 1. The molecular weight excluding hydrogens is 280 g/mol. The van der Waals surface area contributed by atoms with Crippen molar-refractivity contribution in [3.8, 4) is 0 Å². The minimum absolute atomic E-state index is 0.0464. The fourth-order valence-electron chi connectivity index (χ4n) is 1.39. The minimum atomic E-state index is -0.605. The molecule has 1 aromatic carbocycles. The second-order valence-corrected chi connectivity index (χ2v) is 4.26. The van der Waals surface area contributed by atoms with Crippen molar-refractivity contribution in [2.45, 2.75) is 6.92 Å². The van der Waals surface area contributed by atoms with Crippen molar-refractivity contribution >= 4 is 28.9 Å². The van der Waals surface area contributed by atoms with E-state index in [9.17, 15) is 4.79 Å². The molecule has 0 saturated heterocycles. The van der Waals surface area contributed by atoms with Gasteiger partial charge in [-0.1, -0.05) is 29.4 Å². The zero-order chi connectivity index (χ0) is 14.5. The summed E-state index contributed by atoms with van der Waals surface area (Å²) in [5.41, 5.74) is 3.22. The van der Waals surface area contributed by atoms with Crippen molar-refractivity contribution in [3.63, 3.8) is 0 Å². The Morgan fingerprint density at radius 1 is 1.50 bits per heavy atom. The summed E-state index contributed by atoms with van der Waals surface area (Å²) in [7, 11) is 0. The minimum Gasteiger partial charge on any atom is -0.361 e. The number of carbonyl (C=O) groups is 1. The number of aromatic nitrogens is 1. The molecule has 0 fully saturated rings. The van der Waals surface area contributed by atoms with E-state index in [2.05, 4.69) is 20.5 Å². The van der Waals surface area contributed by atoms with Crippen LogP contribution in [0.1, 0.15) is 16.2 Å². The molecule has 100 valence electrons. The third kappa shape index (κ3) is 3.22. The fraction of sp³-hybridized carbons (Fsp3) is 0.0769. The first-order chi connectivity index (χ1) is 9.60. The fourth-order valence-corrected chi connectivity index (χ4v) is 1.58. The number of halogens is 1. The van der Waals surface area contributed by atoms with E-state index in [0.29, 0.717) is 16.5 Å². The SMILES string of the molecule is [C-]#[N+]/C(=N\Nc1cccc(Cl)c1)C(=O)c1cc(C)on1. The third-order valence-corrected chi connectivity index (χ3v) is 2.52. The van der Waals surface area contributed by atoms with Crippen LogP contribution in [0.5, 0.6) is 0 Å². The summed E-state index contributed by atoms with van der Waals surface area (Å²) >= 11 is 5.82. The van der Waals surface area contributed by atoms with Crippen LogP contribution in [0.3, 0.4) is 0 Å². The Labute approximate surface area is 119 Å². The molecule has 0 amide bonds. The topological polar surface area (TPSA) is 71.8 Å². The number of hydrogen-bond acceptors (Lipinski definition) is 5. The highest BCUT2D eigenvalue weighted by Gasteiger charge is 2.18. The van der Waals surface area contributed by atoms with Crippen molar-refractivity contribution in [1.82, 2.24) is 5.16 Å². The zero-order valence-corrected chi connectivity index (χ0v) is 11.2. The lowest BCUT2D eigenvalue weighted by atomic mass is 10.2. The summed E-state index contributed by atoms with van der Waals surface area (Å²) < 4.78 is 4.79. The lowest BCUT2D eigenvalue weighted by Gasteiger charge is -1.97. The number of nitrogens with one attached hydrogen (secondary N) is 1. The number of amidine groups is 1. The number of anilines is 1. The van der Waals surface area contributed by atoms with Crippen LogP contribution in [0.4, 0.5) is 5.69 Å². The maximum absolute atomic E-state index is 11.9. The van der Waals surface area contributed by atoms with Crippen LogP contribution in [0.25, 0.3) is 4.85 Å². The predicted molar refractivity (Wildman–Crippen MR) is 74.7 cm³/mol. The maximum Gasteiger partial charge on any atom is 0.343 e. The number of Topliss-reactive ketones (excluding diaryl/α,β-unsaturated/α-hetero) is 1. The normalized spacial score (nSPS) is 10.9. The second kappa shape index (κ2) is 5.99. The van der Waals surface area contributed by atoms with E-state index in [0.717, 1.165) is 0 Å². The summed E-state index contributed by atoms with van der Waals surface area (Å²) in [6, 6.07) is 8.21. The van der Waals surface area contributed by atoms with Gasteiger partial charge >= 0.3 is 5.84 Å². The average molecular weight is 289 g/mol. The number of carbonyl (C=O) groups excluding carboxylic acids is 1. The van der Waals surface area contributed by atoms with Crippen LogP contribution in [-0.2, 0) is 0 Å². The molecule has 20 heavy (non-hydrogen) atoms. The van der Waals surface area contributed by atoms with Gasteiger partial charge in [-0.3, -0.25) is 4.79 Å². The Hall–Kier alpha value is -2.65. The summed E-state index contributed by atoms with van der Waals surface area (Å²) in [6.45, 7) is 8.66. The van der Waals surface area contributed by atoms with Crippen LogP contribution in [0.15, 0.2) is 40.0 Å². The van der Waals surface area contributed by atoms with Gasteiger partial charge in [-0.05, 0) is 30.2 Å². The molecule has 1 aromatic heterocycles. The van der Waals surface area contributed by atoms with Gasteiger partial charge in [-0.25, -0.2) is 5.43 Å². The van der Waals surface area contributed by atoms with Crippen LogP contribution >= 0.6 is 11.6 Å². The predicted octanol–water partition coefficient (Wildman–Crippen LogP) is 3.16. The van der Waals surface area contributed by atoms with Gasteiger partial charge in [-0.15, -0.1) is 0 Å². The van der Waals surface area contributed by atoms with E-state index in [1.807, 2.05) is 0 Å². The molecule has 7 heteroatoms. The third-order valence-electron chi connectivity index (χ3n) is 2.29. The molecule has 2 aromatic rings. The quantitative estimate of drug-likeness (QED) is 0.308. The molecule has 0 aliphatic rings. The number of hydrogen-bond donors (Lipinski definition) is 1. The maximum atomic E-state index is 11.9. The molecule has 0 bridgehead atoms. The number of rotatable bonds is 4. The van der Waals surface area contributed by atoms with E-state index in [1.54, 1.807) is 31.2 Å². The molecule has 0 atom stereocenters. The molecule has 1 heterocycles. The molecule has 6 nitrogen and oxygen atoms in total. The van der Waals surface area contributed by atoms with Crippen molar-refractivity contribution in [1.29, 1.82) is 0 Å². The zero-order valence-electron chi connectivity index (χ0n) is 10.4. The largest absolute Gasteiger partial charge is 0.361 e. The Bertz CT molecular complexity index is 715. The highest BCUT2D eigenvalue weighted by molar-refractivity contribution is 6.48. The first kappa shape index (κ1) is 13.8. The van der Waals surface area contributed by atoms with Gasteiger partial charge in [-0.2, -0.15) is 0 Å². The van der Waals surface area contributed by atoms with Gasteiger partial charge in [0.1, 0.15) is 11.5 Å². The van der Waals surface area contributed by atoms with Crippen LogP contribution in [0.2, 0.25) is 5.02 Å². The second-order valence-electron chi connectivity index (χ2n) is 3.82. The summed E-state index contributed by atoms with van der Waals surface area (Å²) in [4.78, 5) is 15.0. The Morgan fingerprint density at radius 3 is 2.90 bits per heavy atom. The van der Waals surface area contributed by atoms with Gasteiger partial charge in [0.05, 0.1) is 5.69 Å². The van der Waals surface area contributed by atoms with Crippen molar-refractivity contribution < 1.29 is 9.32 Å². The smallest absolute Gasteiger partial charge is 0.343 e. The van der Waals surface area contributed by atoms with E-state index in [1.165, 1.54) is 6.07 Å². The van der Waals surface area contributed by atoms with Gasteiger partial charge in [0.15, 0.2) is 0 Å². The van der Waals surface area contributed by atoms with Crippen LogP contribution < -0.4 is 5.43 Å². The van der Waals surface area contributed by atoms with Crippen LogP contribution in [0, 0.1) is 13.5 Å². The highest BCUT2D eigenvalue weighted by Crippen LogP contribution is 2.15. The van der Waals surface area contributed by atoms with Gasteiger partial charge in [0.2, 0.25) is 5.78 Å². The Balaban J connectivity index is 2.18. The number of aryl methyl sites for hydroxylation is 1. The highest BCUT2D eigenvalue weighted by atomic mass is 35.5. The van der Waals surface area contributed by atoms with Gasteiger partial charge < -0.3 is 9.37 Å². The lowest BCUT2D eigenvalue weighted by molar-refractivity contribution is 0.105. The lowest BCUT2D eigenvalue weighted by Crippen LogP contribution is -2.12. The molecular formula is C13H9ClN4O2. The summed E-state index contributed by atoms with van der Waals surface area (Å²) in [6.07, 6.45) is 0. The number of ketones is 1. The van der Waals surface area contributed by atoms with Crippen LogP contribution in [-0.4, -0.2) is 16.8 Å². The van der Waals surface area contributed by atoms with E-state index in [-0.39, 0.29) is 11.5 Å². The first-order valence-corrected chi connectivity index (χ1v) is 5.92. The average Bonchev–Trinajstić information content (AvgIpc) is 2.86. The molecule has 0 spiro atoms. The monoisotopic (exact) mass is 288 g/mol. The standard InChI is InChI=1S/C13H9ClN4O2/c1-8-6-11(18-20-8)12(19)13(15-2)17-16-10-5-3-4-9(14)7-10/h3-7,16H,1H3/b17-13-. The summed E-state index contributed by atoms with van der Waals surface area (Å²) in [5, 5.41) is 7.84. The van der Waals surface area contributed by atoms with Gasteiger partial charge in [0, 0.05) is 11.1 Å². The first-order valence-electron chi connectivity index (χ1n) is 5.55. The number of hydrazone groups is 1. The molecule has 2 rings (SSSR count).